The number of H-pyrrole nitrogens is 1. The summed E-state index contributed by atoms with van der Waals surface area (Å²) in [6, 6.07) is 9.93. The lowest BCUT2D eigenvalue weighted by Crippen LogP contribution is -2.00. The molecule has 18 heavy (non-hydrogen) atoms. The lowest BCUT2D eigenvalue weighted by atomic mass is 10.2. The number of aromatic amines is 1. The van der Waals surface area contributed by atoms with Gasteiger partial charge in [-0.15, -0.1) is 0 Å². The number of rotatable bonds is 4. The van der Waals surface area contributed by atoms with Crippen molar-refractivity contribution in [3.63, 3.8) is 0 Å². The van der Waals surface area contributed by atoms with Crippen LogP contribution in [0.15, 0.2) is 53.4 Å². The average Bonchev–Trinajstić information content (AvgIpc) is 3.09. The predicted molar refractivity (Wildman–Crippen MR) is 67.9 cm³/mol. The van der Waals surface area contributed by atoms with Gasteiger partial charge in [0.05, 0.1) is 6.54 Å². The van der Waals surface area contributed by atoms with Gasteiger partial charge < -0.3 is 14.7 Å². The molecule has 3 rings (SSSR count). The molecule has 5 heteroatoms. The minimum atomic E-state index is 0.500. The number of hydrogen-bond acceptors (Lipinski definition) is 4. The van der Waals surface area contributed by atoms with Gasteiger partial charge in [0.1, 0.15) is 12.0 Å². The maximum Gasteiger partial charge on any atom is 0.213 e. The highest BCUT2D eigenvalue weighted by Crippen LogP contribution is 2.18. The zero-order valence-electron chi connectivity index (χ0n) is 9.63. The second-order valence-electron chi connectivity index (χ2n) is 3.78. The summed E-state index contributed by atoms with van der Waals surface area (Å²) in [6.07, 6.45) is 5.11. The Morgan fingerprint density at radius 1 is 1.22 bits per heavy atom. The monoisotopic (exact) mass is 240 g/mol. The number of aromatic nitrogens is 3. The van der Waals surface area contributed by atoms with Crippen LogP contribution in [0.3, 0.4) is 0 Å². The van der Waals surface area contributed by atoms with Crippen LogP contribution in [0.2, 0.25) is 0 Å². The maximum absolute atomic E-state index is 5.40. The van der Waals surface area contributed by atoms with Crippen molar-refractivity contribution < 1.29 is 4.42 Å². The first kappa shape index (κ1) is 10.6. The van der Waals surface area contributed by atoms with Gasteiger partial charge >= 0.3 is 0 Å². The van der Waals surface area contributed by atoms with E-state index < -0.39 is 0 Å². The Morgan fingerprint density at radius 2 is 2.11 bits per heavy atom. The van der Waals surface area contributed by atoms with Gasteiger partial charge in [0.2, 0.25) is 11.8 Å². The summed E-state index contributed by atoms with van der Waals surface area (Å²) in [5.74, 6) is 1.33. The maximum atomic E-state index is 5.40. The molecular weight excluding hydrogens is 228 g/mol. The lowest BCUT2D eigenvalue weighted by Gasteiger charge is -1.97. The lowest BCUT2D eigenvalue weighted by molar-refractivity contribution is 0.503. The second kappa shape index (κ2) is 4.75. The topological polar surface area (TPSA) is 66.7 Å². The van der Waals surface area contributed by atoms with Crippen molar-refractivity contribution in [3.05, 3.63) is 54.9 Å². The molecule has 3 aromatic rings. The van der Waals surface area contributed by atoms with Crippen molar-refractivity contribution in [3.8, 4) is 11.3 Å². The number of hydrogen-bond donors (Lipinski definition) is 2. The van der Waals surface area contributed by atoms with Crippen molar-refractivity contribution in [1.82, 2.24) is 15.0 Å². The molecule has 0 aliphatic heterocycles. The van der Waals surface area contributed by atoms with E-state index in [9.17, 15) is 0 Å². The summed E-state index contributed by atoms with van der Waals surface area (Å²) in [4.78, 5) is 11.4. The van der Waals surface area contributed by atoms with Gasteiger partial charge in [-0.3, -0.25) is 0 Å². The summed E-state index contributed by atoms with van der Waals surface area (Å²) in [6.45, 7) is 0.500. The van der Waals surface area contributed by atoms with Crippen molar-refractivity contribution in [1.29, 1.82) is 0 Å². The largest absolute Gasteiger partial charge is 0.446 e. The first-order valence-electron chi connectivity index (χ1n) is 5.65. The number of benzene rings is 1. The normalized spacial score (nSPS) is 10.4. The zero-order chi connectivity index (χ0) is 12.2. The Balaban J connectivity index is 1.70. The molecule has 0 radical (unpaired) electrons. The molecule has 0 spiro atoms. The van der Waals surface area contributed by atoms with Crippen LogP contribution >= 0.6 is 0 Å². The van der Waals surface area contributed by atoms with E-state index in [-0.39, 0.29) is 0 Å². The van der Waals surface area contributed by atoms with E-state index in [0.717, 1.165) is 11.3 Å². The molecule has 5 nitrogen and oxygen atoms in total. The van der Waals surface area contributed by atoms with Crippen molar-refractivity contribution in [2.45, 2.75) is 6.54 Å². The van der Waals surface area contributed by atoms with Crippen molar-refractivity contribution in [2.75, 3.05) is 5.32 Å². The van der Waals surface area contributed by atoms with Crippen molar-refractivity contribution in [2.24, 2.45) is 0 Å². The molecule has 2 aromatic heterocycles. The first-order valence-corrected chi connectivity index (χ1v) is 5.65. The van der Waals surface area contributed by atoms with Crippen LogP contribution in [-0.2, 0) is 6.54 Å². The molecule has 0 aliphatic rings. The molecule has 0 atom stereocenters. The quantitative estimate of drug-likeness (QED) is 0.735. The van der Waals surface area contributed by atoms with Gasteiger partial charge in [-0.1, -0.05) is 30.3 Å². The number of anilines is 1. The molecule has 2 N–H and O–H groups in total. The third kappa shape index (κ3) is 2.24. The highest BCUT2D eigenvalue weighted by atomic mass is 16.3. The number of imidazole rings is 1. The van der Waals surface area contributed by atoms with E-state index in [0.29, 0.717) is 18.4 Å². The Kier molecular flexibility index (Phi) is 2.79. The second-order valence-corrected chi connectivity index (χ2v) is 3.78. The molecule has 0 fully saturated rings. The van der Waals surface area contributed by atoms with E-state index in [2.05, 4.69) is 20.3 Å². The van der Waals surface area contributed by atoms with Crippen LogP contribution in [0.4, 0.5) is 5.95 Å². The van der Waals surface area contributed by atoms with E-state index in [1.54, 1.807) is 18.7 Å². The molecule has 0 unspecified atom stereocenters. The Bertz CT molecular complexity index is 601. The minimum Gasteiger partial charge on any atom is -0.446 e. The fourth-order valence-corrected chi connectivity index (χ4v) is 1.65. The van der Waals surface area contributed by atoms with Crippen LogP contribution in [0, 0.1) is 0 Å². The summed E-state index contributed by atoms with van der Waals surface area (Å²) in [5, 5.41) is 3.08. The van der Waals surface area contributed by atoms with Gasteiger partial charge in [-0.2, -0.15) is 0 Å². The van der Waals surface area contributed by atoms with Crippen LogP contribution in [-0.4, -0.2) is 15.0 Å². The standard InChI is InChI=1S/C13H12N4O/c1-2-4-10(5-3-1)11-9-18-12(17-11)8-16-13-14-6-7-15-13/h1-7,9H,8H2,(H2,14,15,16). The molecular formula is C13H12N4O. The van der Waals surface area contributed by atoms with Gasteiger partial charge in [-0.05, 0) is 0 Å². The highest BCUT2D eigenvalue weighted by molar-refractivity contribution is 5.57. The summed E-state index contributed by atoms with van der Waals surface area (Å²) in [7, 11) is 0. The average molecular weight is 240 g/mol. The van der Waals surface area contributed by atoms with Gasteiger partial charge in [0, 0.05) is 18.0 Å². The van der Waals surface area contributed by atoms with Gasteiger partial charge in [-0.25, -0.2) is 9.97 Å². The van der Waals surface area contributed by atoms with Crippen molar-refractivity contribution >= 4 is 5.95 Å². The van der Waals surface area contributed by atoms with Crippen LogP contribution in [0.5, 0.6) is 0 Å². The van der Waals surface area contributed by atoms with Gasteiger partial charge in [0.15, 0.2) is 0 Å². The van der Waals surface area contributed by atoms with Crippen LogP contribution < -0.4 is 5.32 Å². The zero-order valence-corrected chi connectivity index (χ0v) is 9.63. The predicted octanol–water partition coefficient (Wildman–Crippen LogP) is 2.68. The smallest absolute Gasteiger partial charge is 0.213 e. The van der Waals surface area contributed by atoms with E-state index in [1.165, 1.54) is 0 Å². The Labute approximate surface area is 104 Å². The fraction of sp³-hybridized carbons (Fsp3) is 0.0769. The van der Waals surface area contributed by atoms with Crippen LogP contribution in [0.25, 0.3) is 11.3 Å². The molecule has 1 aromatic carbocycles. The Hall–Kier alpha value is -2.56. The number of nitrogens with one attached hydrogen (secondary N) is 2. The number of nitrogens with zero attached hydrogens (tertiary/aromatic N) is 2. The molecule has 0 amide bonds. The molecule has 0 bridgehead atoms. The van der Waals surface area contributed by atoms with E-state index in [1.807, 2.05) is 30.3 Å². The summed E-state index contributed by atoms with van der Waals surface area (Å²) in [5.41, 5.74) is 1.89. The molecule has 0 aliphatic carbocycles. The minimum absolute atomic E-state index is 0.500. The summed E-state index contributed by atoms with van der Waals surface area (Å²) < 4.78 is 5.40. The van der Waals surface area contributed by atoms with E-state index in [4.69, 9.17) is 4.42 Å². The molecule has 0 saturated heterocycles. The number of oxazole rings is 1. The third-order valence-corrected chi connectivity index (χ3v) is 2.53. The fourth-order valence-electron chi connectivity index (χ4n) is 1.65. The van der Waals surface area contributed by atoms with Crippen LogP contribution in [0.1, 0.15) is 5.89 Å². The van der Waals surface area contributed by atoms with E-state index >= 15 is 0 Å². The Morgan fingerprint density at radius 3 is 2.89 bits per heavy atom. The molecule has 0 saturated carbocycles. The summed E-state index contributed by atoms with van der Waals surface area (Å²) >= 11 is 0. The molecule has 90 valence electrons. The highest BCUT2D eigenvalue weighted by Gasteiger charge is 2.05. The molecule has 2 heterocycles. The first-order chi connectivity index (χ1) is 8.92. The van der Waals surface area contributed by atoms with Gasteiger partial charge in [0.25, 0.3) is 0 Å². The SMILES string of the molecule is c1ccc(-c2coc(CNc3ncc[nH]3)n2)cc1. The third-order valence-electron chi connectivity index (χ3n) is 2.53.